The third-order valence-corrected chi connectivity index (χ3v) is 3.62. The first-order valence-electron chi connectivity index (χ1n) is 5.72. The molecule has 0 amide bonds. The fourth-order valence-corrected chi connectivity index (χ4v) is 1.97. The molecule has 20 heavy (non-hydrogen) atoms. The highest BCUT2D eigenvalue weighted by Crippen LogP contribution is 2.35. The van der Waals surface area contributed by atoms with Crippen molar-refractivity contribution in [1.82, 2.24) is 10.2 Å². The van der Waals surface area contributed by atoms with Gasteiger partial charge in [0.2, 0.25) is 5.88 Å². The number of hydrogen-bond donors (Lipinski definition) is 2. The SMILES string of the molecule is Cc1nnc(Oc2cccc(Cl)c2Cl)c(C(=N)N)c1C. The summed E-state index contributed by atoms with van der Waals surface area (Å²) < 4.78 is 5.61. The van der Waals surface area contributed by atoms with Gasteiger partial charge in [-0.2, -0.15) is 5.10 Å². The lowest BCUT2D eigenvalue weighted by atomic mass is 10.1. The molecule has 0 saturated heterocycles. The van der Waals surface area contributed by atoms with Crippen LogP contribution in [0.2, 0.25) is 10.0 Å². The molecular formula is C13H12Cl2N4O. The molecule has 5 nitrogen and oxygen atoms in total. The van der Waals surface area contributed by atoms with E-state index in [1.54, 1.807) is 32.0 Å². The maximum Gasteiger partial charge on any atom is 0.250 e. The molecule has 0 aliphatic rings. The van der Waals surface area contributed by atoms with E-state index in [1.807, 2.05) is 0 Å². The third kappa shape index (κ3) is 2.69. The number of ether oxygens (including phenoxy) is 1. The lowest BCUT2D eigenvalue weighted by molar-refractivity contribution is 0.452. The Morgan fingerprint density at radius 2 is 1.95 bits per heavy atom. The predicted molar refractivity (Wildman–Crippen MR) is 79.1 cm³/mol. The van der Waals surface area contributed by atoms with Gasteiger partial charge in [-0.15, -0.1) is 5.10 Å². The zero-order valence-electron chi connectivity index (χ0n) is 10.9. The van der Waals surface area contributed by atoms with Crippen molar-refractivity contribution in [2.45, 2.75) is 13.8 Å². The second-order valence-corrected chi connectivity index (χ2v) is 4.94. The molecule has 0 unspecified atom stereocenters. The van der Waals surface area contributed by atoms with E-state index in [-0.39, 0.29) is 16.7 Å². The number of nitrogens with zero attached hydrogens (tertiary/aromatic N) is 2. The first kappa shape index (κ1) is 14.6. The second kappa shape index (κ2) is 5.64. The highest BCUT2D eigenvalue weighted by atomic mass is 35.5. The molecule has 0 radical (unpaired) electrons. The number of amidine groups is 1. The Morgan fingerprint density at radius 1 is 1.25 bits per heavy atom. The number of aryl methyl sites for hydroxylation is 1. The van der Waals surface area contributed by atoms with Gasteiger partial charge in [0.25, 0.3) is 0 Å². The lowest BCUT2D eigenvalue weighted by Gasteiger charge is -2.13. The Morgan fingerprint density at radius 3 is 2.60 bits per heavy atom. The van der Waals surface area contributed by atoms with E-state index in [0.29, 0.717) is 22.0 Å². The summed E-state index contributed by atoms with van der Waals surface area (Å²) in [5.41, 5.74) is 7.40. The Kier molecular flexibility index (Phi) is 4.11. The van der Waals surface area contributed by atoms with E-state index in [4.69, 9.17) is 39.1 Å². The number of rotatable bonds is 3. The zero-order valence-corrected chi connectivity index (χ0v) is 12.4. The van der Waals surface area contributed by atoms with Gasteiger partial charge in [0.15, 0.2) is 0 Å². The van der Waals surface area contributed by atoms with Crippen LogP contribution in [0.3, 0.4) is 0 Å². The maximum absolute atomic E-state index is 7.65. The summed E-state index contributed by atoms with van der Waals surface area (Å²) in [6.07, 6.45) is 0. The van der Waals surface area contributed by atoms with Gasteiger partial charge in [0.1, 0.15) is 16.6 Å². The van der Waals surface area contributed by atoms with Crippen LogP contribution in [-0.4, -0.2) is 16.0 Å². The van der Waals surface area contributed by atoms with E-state index in [0.717, 1.165) is 5.56 Å². The lowest BCUT2D eigenvalue weighted by Crippen LogP contribution is -2.16. The maximum atomic E-state index is 7.65. The summed E-state index contributed by atoms with van der Waals surface area (Å²) in [4.78, 5) is 0. The van der Waals surface area contributed by atoms with Gasteiger partial charge in [-0.05, 0) is 31.5 Å². The van der Waals surface area contributed by atoms with Crippen LogP contribution in [0, 0.1) is 19.3 Å². The van der Waals surface area contributed by atoms with Gasteiger partial charge in [0.05, 0.1) is 16.3 Å². The molecule has 0 fully saturated rings. The number of hydrogen-bond acceptors (Lipinski definition) is 4. The quantitative estimate of drug-likeness (QED) is 0.671. The fourth-order valence-electron chi connectivity index (χ4n) is 1.64. The smallest absolute Gasteiger partial charge is 0.250 e. The highest BCUT2D eigenvalue weighted by Gasteiger charge is 2.17. The van der Waals surface area contributed by atoms with Gasteiger partial charge in [-0.3, -0.25) is 5.41 Å². The van der Waals surface area contributed by atoms with Crippen molar-refractivity contribution in [1.29, 1.82) is 5.41 Å². The standard InChI is InChI=1S/C13H12Cl2N4O/c1-6-7(2)18-19-13(10(6)12(16)17)20-9-5-3-4-8(14)11(9)15/h3-5H,1-2H3,(H3,16,17). The molecule has 3 N–H and O–H groups in total. The number of nitrogens with one attached hydrogen (secondary N) is 1. The van der Waals surface area contributed by atoms with Crippen LogP contribution in [0.25, 0.3) is 0 Å². The highest BCUT2D eigenvalue weighted by molar-refractivity contribution is 6.42. The normalized spacial score (nSPS) is 10.4. The van der Waals surface area contributed by atoms with Crippen LogP contribution < -0.4 is 10.5 Å². The van der Waals surface area contributed by atoms with Crippen LogP contribution in [0.1, 0.15) is 16.8 Å². The minimum absolute atomic E-state index is 0.129. The molecule has 104 valence electrons. The first-order valence-corrected chi connectivity index (χ1v) is 6.47. The van der Waals surface area contributed by atoms with E-state index in [9.17, 15) is 0 Å². The fraction of sp³-hybridized carbons (Fsp3) is 0.154. The van der Waals surface area contributed by atoms with Gasteiger partial charge in [0, 0.05) is 0 Å². The molecule has 1 heterocycles. The third-order valence-electron chi connectivity index (χ3n) is 2.81. The molecule has 0 spiro atoms. The number of benzene rings is 1. The molecule has 2 rings (SSSR count). The van der Waals surface area contributed by atoms with E-state index in [1.165, 1.54) is 0 Å². The van der Waals surface area contributed by atoms with Crippen LogP contribution in [0.15, 0.2) is 18.2 Å². The Bertz CT molecular complexity index is 688. The summed E-state index contributed by atoms with van der Waals surface area (Å²) in [6, 6.07) is 5.00. The minimum Gasteiger partial charge on any atom is -0.435 e. The molecule has 0 bridgehead atoms. The van der Waals surface area contributed by atoms with Crippen molar-refractivity contribution in [2.24, 2.45) is 5.73 Å². The van der Waals surface area contributed by atoms with Crippen LogP contribution >= 0.6 is 23.2 Å². The average Bonchev–Trinajstić information content (AvgIpc) is 2.39. The molecule has 0 aliphatic heterocycles. The topological polar surface area (TPSA) is 84.9 Å². The summed E-state index contributed by atoms with van der Waals surface area (Å²) in [5, 5.41) is 16.2. The van der Waals surface area contributed by atoms with Crippen molar-refractivity contribution >= 4 is 29.0 Å². The largest absolute Gasteiger partial charge is 0.435 e. The summed E-state index contributed by atoms with van der Waals surface area (Å²) >= 11 is 12.0. The van der Waals surface area contributed by atoms with Crippen LogP contribution in [0.4, 0.5) is 0 Å². The average molecular weight is 311 g/mol. The van der Waals surface area contributed by atoms with Crippen LogP contribution in [-0.2, 0) is 0 Å². The molecular weight excluding hydrogens is 299 g/mol. The van der Waals surface area contributed by atoms with Crippen molar-refractivity contribution in [3.05, 3.63) is 45.1 Å². The van der Waals surface area contributed by atoms with Crippen molar-refractivity contribution < 1.29 is 4.74 Å². The Hall–Kier alpha value is -1.85. The summed E-state index contributed by atoms with van der Waals surface area (Å²) in [5.74, 6) is 0.317. The van der Waals surface area contributed by atoms with Gasteiger partial charge in [-0.1, -0.05) is 29.3 Å². The number of nitrogen functional groups attached to an aromatic ring is 1. The molecule has 2 aromatic rings. The zero-order chi connectivity index (χ0) is 14.9. The van der Waals surface area contributed by atoms with Gasteiger partial charge in [-0.25, -0.2) is 0 Å². The number of nitrogens with two attached hydrogens (primary N) is 1. The van der Waals surface area contributed by atoms with E-state index >= 15 is 0 Å². The molecule has 0 atom stereocenters. The van der Waals surface area contributed by atoms with Crippen molar-refractivity contribution in [3.8, 4) is 11.6 Å². The van der Waals surface area contributed by atoms with Gasteiger partial charge >= 0.3 is 0 Å². The van der Waals surface area contributed by atoms with Crippen molar-refractivity contribution in [2.75, 3.05) is 0 Å². The summed E-state index contributed by atoms with van der Waals surface area (Å²) in [7, 11) is 0. The summed E-state index contributed by atoms with van der Waals surface area (Å²) in [6.45, 7) is 3.58. The molecule has 0 aliphatic carbocycles. The monoisotopic (exact) mass is 310 g/mol. The first-order chi connectivity index (χ1) is 9.41. The Balaban J connectivity index is 2.52. The molecule has 0 saturated carbocycles. The Labute approximate surface area is 126 Å². The van der Waals surface area contributed by atoms with Crippen molar-refractivity contribution in [3.63, 3.8) is 0 Å². The number of aromatic nitrogens is 2. The van der Waals surface area contributed by atoms with Gasteiger partial charge < -0.3 is 10.5 Å². The van der Waals surface area contributed by atoms with Crippen LogP contribution in [0.5, 0.6) is 11.6 Å². The van der Waals surface area contributed by atoms with E-state index in [2.05, 4.69) is 10.2 Å². The van der Waals surface area contributed by atoms with E-state index < -0.39 is 0 Å². The number of halogens is 2. The minimum atomic E-state index is -0.145. The molecule has 7 heteroatoms. The predicted octanol–water partition coefficient (Wildman–Crippen LogP) is 3.48. The molecule has 1 aromatic carbocycles. The second-order valence-electron chi connectivity index (χ2n) is 4.16. The molecule has 1 aromatic heterocycles.